The number of aromatic nitrogens is 2. The molecule has 0 saturated carbocycles. The zero-order valence-electron chi connectivity index (χ0n) is 22.2. The lowest BCUT2D eigenvalue weighted by atomic mass is 9.96. The standard InChI is InChI=1S/C28H26ClN5O6/c1-15(2)20-12-21(16(3)9-24(20)39-4)27-32-22-8-6-5-7-19(22)28(36)33(27)31-13-17-10-18(29)11-23(34(37)38)26(17)40-14-25(30)35/h5-13,15H,14H2,1-4H3,(H2,30,35). The smallest absolute Gasteiger partial charge is 0.313 e. The molecule has 0 aliphatic carbocycles. The quantitative estimate of drug-likeness (QED) is 0.174. The van der Waals surface area contributed by atoms with Crippen LogP contribution >= 0.6 is 11.6 Å². The second-order valence-corrected chi connectivity index (χ2v) is 9.67. The minimum atomic E-state index is -0.833. The number of para-hydroxylation sites is 1. The maximum absolute atomic E-state index is 13.7. The minimum Gasteiger partial charge on any atom is -0.496 e. The number of primary amides is 1. The highest BCUT2D eigenvalue weighted by molar-refractivity contribution is 6.31. The molecule has 40 heavy (non-hydrogen) atoms. The van der Waals surface area contributed by atoms with Gasteiger partial charge in [0.15, 0.2) is 12.4 Å². The number of halogens is 1. The Kier molecular flexibility index (Phi) is 8.15. The molecule has 0 radical (unpaired) electrons. The summed E-state index contributed by atoms with van der Waals surface area (Å²) < 4.78 is 12.0. The number of ether oxygens (including phenoxy) is 2. The summed E-state index contributed by atoms with van der Waals surface area (Å²) in [7, 11) is 1.59. The molecule has 4 rings (SSSR count). The van der Waals surface area contributed by atoms with Gasteiger partial charge in [-0.3, -0.25) is 19.7 Å². The molecular formula is C28H26ClN5O6. The van der Waals surface area contributed by atoms with Crippen LogP contribution in [0.4, 0.5) is 5.69 Å². The fourth-order valence-electron chi connectivity index (χ4n) is 4.22. The first kappa shape index (κ1) is 28.2. The number of aryl methyl sites for hydroxylation is 1. The zero-order valence-corrected chi connectivity index (χ0v) is 22.9. The average molecular weight is 564 g/mol. The average Bonchev–Trinajstić information content (AvgIpc) is 2.91. The van der Waals surface area contributed by atoms with E-state index in [0.717, 1.165) is 21.9 Å². The highest BCUT2D eigenvalue weighted by atomic mass is 35.5. The molecule has 0 saturated heterocycles. The summed E-state index contributed by atoms with van der Waals surface area (Å²) in [6.07, 6.45) is 1.19. The number of hydrogen-bond donors (Lipinski definition) is 1. The lowest BCUT2D eigenvalue weighted by Crippen LogP contribution is -2.21. The Morgan fingerprint density at radius 1 is 1.25 bits per heavy atom. The molecule has 206 valence electrons. The lowest BCUT2D eigenvalue weighted by molar-refractivity contribution is -0.385. The summed E-state index contributed by atoms with van der Waals surface area (Å²) >= 11 is 6.14. The summed E-state index contributed by atoms with van der Waals surface area (Å²) in [6, 6.07) is 13.1. The number of nitrogens with zero attached hydrogens (tertiary/aromatic N) is 4. The molecule has 1 heterocycles. The third kappa shape index (κ3) is 5.64. The van der Waals surface area contributed by atoms with Crippen LogP contribution in [0.5, 0.6) is 11.5 Å². The molecule has 0 aliphatic heterocycles. The maximum Gasteiger partial charge on any atom is 0.313 e. The van der Waals surface area contributed by atoms with Crippen LogP contribution in [0, 0.1) is 17.0 Å². The molecular weight excluding hydrogens is 538 g/mol. The number of rotatable bonds is 9. The van der Waals surface area contributed by atoms with Crippen LogP contribution in [0.3, 0.4) is 0 Å². The second kappa shape index (κ2) is 11.5. The van der Waals surface area contributed by atoms with Gasteiger partial charge < -0.3 is 15.2 Å². The maximum atomic E-state index is 13.7. The van der Waals surface area contributed by atoms with E-state index in [9.17, 15) is 19.7 Å². The van der Waals surface area contributed by atoms with Crippen molar-refractivity contribution in [2.75, 3.05) is 13.7 Å². The van der Waals surface area contributed by atoms with Gasteiger partial charge in [-0.1, -0.05) is 37.6 Å². The number of nitro benzene ring substituents is 1. The minimum absolute atomic E-state index is 0.0244. The van der Waals surface area contributed by atoms with Gasteiger partial charge in [0.2, 0.25) is 5.75 Å². The Labute approximate surface area is 234 Å². The Morgan fingerprint density at radius 3 is 2.62 bits per heavy atom. The van der Waals surface area contributed by atoms with Gasteiger partial charge in [-0.25, -0.2) is 4.98 Å². The van der Waals surface area contributed by atoms with Gasteiger partial charge in [-0.15, -0.1) is 0 Å². The summed E-state index contributed by atoms with van der Waals surface area (Å²) in [6.45, 7) is 5.30. The van der Waals surface area contributed by atoms with Crippen LogP contribution in [0.15, 0.2) is 58.4 Å². The van der Waals surface area contributed by atoms with E-state index in [2.05, 4.69) is 5.10 Å². The van der Waals surface area contributed by atoms with E-state index in [4.69, 9.17) is 31.8 Å². The van der Waals surface area contributed by atoms with Crippen molar-refractivity contribution in [2.24, 2.45) is 10.8 Å². The van der Waals surface area contributed by atoms with Gasteiger partial charge in [0.1, 0.15) is 5.75 Å². The van der Waals surface area contributed by atoms with E-state index in [0.29, 0.717) is 22.2 Å². The van der Waals surface area contributed by atoms with E-state index in [1.807, 2.05) is 32.9 Å². The van der Waals surface area contributed by atoms with Gasteiger partial charge in [-0.2, -0.15) is 9.78 Å². The van der Waals surface area contributed by atoms with Crippen molar-refractivity contribution in [2.45, 2.75) is 26.7 Å². The van der Waals surface area contributed by atoms with Crippen molar-refractivity contribution >= 4 is 40.3 Å². The van der Waals surface area contributed by atoms with Gasteiger partial charge in [0.25, 0.3) is 11.5 Å². The van der Waals surface area contributed by atoms with Gasteiger partial charge in [0.05, 0.1) is 29.2 Å². The molecule has 2 N–H and O–H groups in total. The number of nitro groups is 1. The molecule has 12 heteroatoms. The molecule has 1 aromatic heterocycles. The first-order valence-corrected chi connectivity index (χ1v) is 12.5. The Balaban J connectivity index is 2.00. The van der Waals surface area contributed by atoms with Crippen LogP contribution in [0.2, 0.25) is 5.02 Å². The van der Waals surface area contributed by atoms with E-state index in [-0.39, 0.29) is 28.1 Å². The van der Waals surface area contributed by atoms with E-state index in [1.54, 1.807) is 31.4 Å². The van der Waals surface area contributed by atoms with Crippen LogP contribution in [-0.4, -0.2) is 40.4 Å². The zero-order chi connectivity index (χ0) is 29.1. The van der Waals surface area contributed by atoms with Crippen molar-refractivity contribution < 1.29 is 19.2 Å². The number of amides is 1. The Morgan fingerprint density at radius 2 is 1.98 bits per heavy atom. The normalized spacial score (nSPS) is 11.3. The molecule has 0 spiro atoms. The lowest BCUT2D eigenvalue weighted by Gasteiger charge is -2.17. The molecule has 4 aromatic rings. The number of carbonyl (C=O) groups excluding carboxylic acids is 1. The van der Waals surface area contributed by atoms with Crippen molar-refractivity contribution in [3.8, 4) is 22.9 Å². The largest absolute Gasteiger partial charge is 0.496 e. The van der Waals surface area contributed by atoms with E-state index < -0.39 is 28.7 Å². The van der Waals surface area contributed by atoms with Gasteiger partial charge >= 0.3 is 5.69 Å². The number of benzene rings is 3. The number of fused-ring (bicyclic) bond motifs is 1. The van der Waals surface area contributed by atoms with E-state index >= 15 is 0 Å². The summed E-state index contributed by atoms with van der Waals surface area (Å²) in [5.74, 6) is -0.0474. The predicted molar refractivity (Wildman–Crippen MR) is 153 cm³/mol. The molecule has 0 atom stereocenters. The number of carbonyl (C=O) groups is 1. The molecule has 11 nitrogen and oxygen atoms in total. The molecule has 3 aromatic carbocycles. The summed E-state index contributed by atoms with van der Waals surface area (Å²) in [4.78, 5) is 40.8. The van der Waals surface area contributed by atoms with Crippen molar-refractivity contribution in [3.05, 3.63) is 90.7 Å². The van der Waals surface area contributed by atoms with Crippen LogP contribution in [-0.2, 0) is 4.79 Å². The molecule has 0 aliphatic rings. The van der Waals surface area contributed by atoms with Crippen molar-refractivity contribution in [3.63, 3.8) is 0 Å². The first-order chi connectivity index (χ1) is 19.0. The fraction of sp³-hybridized carbons (Fsp3) is 0.214. The molecule has 0 fully saturated rings. The first-order valence-electron chi connectivity index (χ1n) is 12.2. The topological polar surface area (TPSA) is 152 Å². The predicted octanol–water partition coefficient (Wildman–Crippen LogP) is 4.81. The molecule has 0 unspecified atom stereocenters. The highest BCUT2D eigenvalue weighted by Gasteiger charge is 2.22. The number of methoxy groups -OCH3 is 1. The fourth-order valence-corrected chi connectivity index (χ4v) is 4.44. The van der Waals surface area contributed by atoms with Gasteiger partial charge in [-0.05, 0) is 54.3 Å². The SMILES string of the molecule is COc1cc(C)c(-c2nc3ccccc3c(=O)n2N=Cc2cc(Cl)cc([N+](=O)[O-])c2OCC(N)=O)cc1C(C)C. The van der Waals surface area contributed by atoms with E-state index in [1.165, 1.54) is 12.3 Å². The van der Waals surface area contributed by atoms with Crippen molar-refractivity contribution in [1.82, 2.24) is 9.66 Å². The molecule has 0 bridgehead atoms. The monoisotopic (exact) mass is 563 g/mol. The van der Waals surface area contributed by atoms with Crippen LogP contribution < -0.4 is 20.8 Å². The van der Waals surface area contributed by atoms with Crippen LogP contribution in [0.1, 0.15) is 36.5 Å². The Hall–Kier alpha value is -4.77. The third-order valence-electron chi connectivity index (χ3n) is 6.12. The molecule has 1 amide bonds. The van der Waals surface area contributed by atoms with Gasteiger partial charge in [0, 0.05) is 22.2 Å². The van der Waals surface area contributed by atoms with Crippen molar-refractivity contribution in [1.29, 1.82) is 0 Å². The van der Waals surface area contributed by atoms with Crippen LogP contribution in [0.25, 0.3) is 22.3 Å². The summed E-state index contributed by atoms with van der Waals surface area (Å²) in [5, 5.41) is 16.4. The second-order valence-electron chi connectivity index (χ2n) is 9.23. The third-order valence-corrected chi connectivity index (χ3v) is 6.34. The number of nitrogens with two attached hydrogens (primary N) is 1. The number of hydrogen-bond acceptors (Lipinski definition) is 8. The summed E-state index contributed by atoms with van der Waals surface area (Å²) in [5.41, 5.74) is 7.10. The highest BCUT2D eigenvalue weighted by Crippen LogP contribution is 2.35. The Bertz CT molecular complexity index is 1730.